The smallest absolute Gasteiger partial charge is 0.368 e. The van der Waals surface area contributed by atoms with Crippen molar-refractivity contribution in [3.63, 3.8) is 0 Å². The fraction of sp³-hybridized carbons (Fsp3) is 0.400. The zero-order chi connectivity index (χ0) is 18.6. The molecule has 0 saturated carbocycles. The standard InChI is InChI=1S/C15H17BrF3N5O/c1-8(2)11-10(16)12(24-23-11)14(25)22-7-6-21-13-9(15(17,18)19)4-3-5-20-13/h3-5,8H,6-7H2,1-2H3,(H,20,21)(H,22,25)(H,23,24). The van der Waals surface area contributed by atoms with Gasteiger partial charge in [0.1, 0.15) is 5.82 Å². The lowest BCUT2D eigenvalue weighted by Gasteiger charge is -2.13. The van der Waals surface area contributed by atoms with Gasteiger partial charge in [-0.2, -0.15) is 18.3 Å². The third kappa shape index (κ3) is 4.71. The molecule has 0 fully saturated rings. The van der Waals surface area contributed by atoms with Crippen LogP contribution < -0.4 is 10.6 Å². The van der Waals surface area contributed by atoms with E-state index in [0.29, 0.717) is 4.47 Å². The number of aromatic nitrogens is 3. The predicted molar refractivity (Wildman–Crippen MR) is 90.4 cm³/mol. The number of hydrogen-bond acceptors (Lipinski definition) is 4. The number of anilines is 1. The van der Waals surface area contributed by atoms with Gasteiger partial charge < -0.3 is 10.6 Å². The Morgan fingerprint density at radius 2 is 2.08 bits per heavy atom. The summed E-state index contributed by atoms with van der Waals surface area (Å²) in [6.07, 6.45) is -3.22. The summed E-state index contributed by atoms with van der Waals surface area (Å²) in [5, 5.41) is 11.9. The van der Waals surface area contributed by atoms with E-state index in [-0.39, 0.29) is 30.5 Å². The molecule has 2 heterocycles. The van der Waals surface area contributed by atoms with Crippen LogP contribution in [0.4, 0.5) is 19.0 Å². The first-order valence-electron chi connectivity index (χ1n) is 7.49. The first-order chi connectivity index (χ1) is 11.7. The summed E-state index contributed by atoms with van der Waals surface area (Å²) in [6.45, 7) is 4.11. The fourth-order valence-corrected chi connectivity index (χ4v) is 2.91. The van der Waals surface area contributed by atoms with E-state index in [1.165, 1.54) is 12.3 Å². The first-order valence-corrected chi connectivity index (χ1v) is 8.29. The molecule has 2 aromatic heterocycles. The minimum Gasteiger partial charge on any atom is -0.368 e. The van der Waals surface area contributed by atoms with Crippen LogP contribution in [0.25, 0.3) is 0 Å². The lowest BCUT2D eigenvalue weighted by Crippen LogP contribution is -2.29. The highest BCUT2D eigenvalue weighted by Gasteiger charge is 2.33. The molecule has 0 spiro atoms. The molecule has 2 aromatic rings. The highest BCUT2D eigenvalue weighted by atomic mass is 79.9. The van der Waals surface area contributed by atoms with Gasteiger partial charge in [-0.05, 0) is 34.0 Å². The Bertz CT molecular complexity index is 745. The number of pyridine rings is 1. The third-order valence-corrected chi connectivity index (χ3v) is 4.14. The molecule has 0 aromatic carbocycles. The van der Waals surface area contributed by atoms with Gasteiger partial charge in [0.05, 0.1) is 15.7 Å². The summed E-state index contributed by atoms with van der Waals surface area (Å²) in [5.41, 5.74) is 0.155. The molecule has 0 bridgehead atoms. The van der Waals surface area contributed by atoms with Crippen LogP contribution in [0.15, 0.2) is 22.8 Å². The van der Waals surface area contributed by atoms with Crippen LogP contribution in [0.2, 0.25) is 0 Å². The second-order valence-corrected chi connectivity index (χ2v) is 6.33. The Morgan fingerprint density at radius 3 is 2.68 bits per heavy atom. The molecule has 0 aliphatic carbocycles. The van der Waals surface area contributed by atoms with Gasteiger partial charge in [0.2, 0.25) is 0 Å². The number of H-pyrrole nitrogens is 1. The highest BCUT2D eigenvalue weighted by Crippen LogP contribution is 2.33. The molecular formula is C15H17BrF3N5O. The van der Waals surface area contributed by atoms with Gasteiger partial charge in [-0.25, -0.2) is 4.98 Å². The number of rotatable bonds is 6. The molecule has 0 saturated heterocycles. The quantitative estimate of drug-likeness (QED) is 0.625. The molecule has 10 heteroatoms. The molecule has 1 amide bonds. The van der Waals surface area contributed by atoms with Crippen molar-refractivity contribution in [2.24, 2.45) is 0 Å². The maximum Gasteiger partial charge on any atom is 0.419 e. The van der Waals surface area contributed by atoms with Crippen LogP contribution in [0.5, 0.6) is 0 Å². The van der Waals surface area contributed by atoms with Gasteiger partial charge in [-0.15, -0.1) is 0 Å². The van der Waals surface area contributed by atoms with Crippen LogP contribution in [-0.4, -0.2) is 34.2 Å². The monoisotopic (exact) mass is 419 g/mol. The second-order valence-electron chi connectivity index (χ2n) is 5.53. The molecule has 6 nitrogen and oxygen atoms in total. The number of amides is 1. The average molecular weight is 420 g/mol. The van der Waals surface area contributed by atoms with Crippen LogP contribution in [0.1, 0.15) is 41.5 Å². The summed E-state index contributed by atoms with van der Waals surface area (Å²) in [6, 6.07) is 2.17. The van der Waals surface area contributed by atoms with Gasteiger partial charge >= 0.3 is 6.18 Å². The van der Waals surface area contributed by atoms with E-state index in [9.17, 15) is 18.0 Å². The Kier molecular flexibility index (Phi) is 6.04. The first kappa shape index (κ1) is 19.2. The van der Waals surface area contributed by atoms with E-state index in [4.69, 9.17) is 0 Å². The van der Waals surface area contributed by atoms with Crippen molar-refractivity contribution < 1.29 is 18.0 Å². The van der Waals surface area contributed by atoms with Gasteiger partial charge in [0.15, 0.2) is 5.69 Å². The largest absolute Gasteiger partial charge is 0.419 e. The Labute approximate surface area is 150 Å². The van der Waals surface area contributed by atoms with E-state index in [2.05, 4.69) is 41.7 Å². The molecule has 136 valence electrons. The Hall–Kier alpha value is -2.10. The third-order valence-electron chi connectivity index (χ3n) is 3.34. The van der Waals surface area contributed by atoms with Crippen LogP contribution in [0, 0.1) is 0 Å². The number of carbonyl (C=O) groups is 1. The minimum atomic E-state index is -4.49. The maximum absolute atomic E-state index is 12.9. The number of nitrogens with one attached hydrogen (secondary N) is 3. The Morgan fingerprint density at radius 1 is 1.36 bits per heavy atom. The summed E-state index contributed by atoms with van der Waals surface area (Å²) < 4.78 is 39.1. The number of halogens is 4. The molecule has 0 aliphatic rings. The topological polar surface area (TPSA) is 82.7 Å². The number of alkyl halides is 3. The van der Waals surface area contributed by atoms with Gasteiger partial charge in [0.25, 0.3) is 5.91 Å². The van der Waals surface area contributed by atoms with Crippen LogP contribution in [-0.2, 0) is 6.18 Å². The number of nitrogens with zero attached hydrogens (tertiary/aromatic N) is 2. The number of hydrogen-bond donors (Lipinski definition) is 3. The molecule has 2 rings (SSSR count). The summed E-state index contributed by atoms with van der Waals surface area (Å²) in [5.74, 6) is -0.531. The maximum atomic E-state index is 12.9. The minimum absolute atomic E-state index is 0.0882. The van der Waals surface area contributed by atoms with E-state index in [1.54, 1.807) is 0 Å². The zero-order valence-corrected chi connectivity index (χ0v) is 15.1. The van der Waals surface area contributed by atoms with Crippen molar-refractivity contribution in [3.8, 4) is 0 Å². The van der Waals surface area contributed by atoms with Crippen molar-refractivity contribution in [1.29, 1.82) is 0 Å². The fourth-order valence-electron chi connectivity index (χ4n) is 2.09. The van der Waals surface area contributed by atoms with E-state index in [1.807, 2.05) is 13.8 Å². The lowest BCUT2D eigenvalue weighted by molar-refractivity contribution is -0.137. The molecule has 0 atom stereocenters. The second kappa shape index (κ2) is 7.85. The van der Waals surface area contributed by atoms with Crippen molar-refractivity contribution in [2.45, 2.75) is 25.9 Å². The molecule has 25 heavy (non-hydrogen) atoms. The Balaban J connectivity index is 1.91. The lowest BCUT2D eigenvalue weighted by atomic mass is 10.1. The number of carbonyl (C=O) groups excluding carboxylic acids is 1. The van der Waals surface area contributed by atoms with E-state index < -0.39 is 17.6 Å². The average Bonchev–Trinajstić information content (AvgIpc) is 2.92. The molecule has 0 radical (unpaired) electrons. The van der Waals surface area contributed by atoms with E-state index in [0.717, 1.165) is 11.8 Å². The summed E-state index contributed by atoms with van der Waals surface area (Å²) >= 11 is 3.32. The summed E-state index contributed by atoms with van der Waals surface area (Å²) in [7, 11) is 0. The molecule has 0 unspecified atom stereocenters. The van der Waals surface area contributed by atoms with Crippen molar-refractivity contribution in [1.82, 2.24) is 20.5 Å². The number of aromatic amines is 1. The van der Waals surface area contributed by atoms with Crippen molar-refractivity contribution in [3.05, 3.63) is 39.8 Å². The van der Waals surface area contributed by atoms with Crippen LogP contribution in [0.3, 0.4) is 0 Å². The molecule has 0 aliphatic heterocycles. The van der Waals surface area contributed by atoms with E-state index >= 15 is 0 Å². The molecular weight excluding hydrogens is 403 g/mol. The summed E-state index contributed by atoms with van der Waals surface area (Å²) in [4.78, 5) is 15.8. The van der Waals surface area contributed by atoms with Gasteiger partial charge in [-0.1, -0.05) is 13.8 Å². The van der Waals surface area contributed by atoms with Gasteiger partial charge in [-0.3, -0.25) is 9.89 Å². The zero-order valence-electron chi connectivity index (χ0n) is 13.5. The highest BCUT2D eigenvalue weighted by molar-refractivity contribution is 9.10. The SMILES string of the molecule is CC(C)c1[nH]nc(C(=O)NCCNc2ncccc2C(F)(F)F)c1Br. The van der Waals surface area contributed by atoms with Gasteiger partial charge in [0, 0.05) is 19.3 Å². The molecule has 3 N–H and O–H groups in total. The van der Waals surface area contributed by atoms with Crippen molar-refractivity contribution >= 4 is 27.7 Å². The normalized spacial score (nSPS) is 11.6. The predicted octanol–water partition coefficient (Wildman–Crippen LogP) is 3.55. The van der Waals surface area contributed by atoms with Crippen molar-refractivity contribution in [2.75, 3.05) is 18.4 Å². The van der Waals surface area contributed by atoms with Crippen LogP contribution >= 0.6 is 15.9 Å².